The Hall–Kier alpha value is -2.53. The van der Waals surface area contributed by atoms with E-state index in [4.69, 9.17) is 16.3 Å². The van der Waals surface area contributed by atoms with Gasteiger partial charge in [0.05, 0.1) is 0 Å². The Labute approximate surface area is 138 Å². The minimum Gasteiger partial charge on any atom is -0.507 e. The lowest BCUT2D eigenvalue weighted by atomic mass is 10.1. The van der Waals surface area contributed by atoms with Crippen LogP contribution < -0.4 is 5.32 Å². The molecule has 120 valence electrons. The molecule has 0 saturated heterocycles. The Bertz CT molecular complexity index is 758. The summed E-state index contributed by atoms with van der Waals surface area (Å²) >= 11 is 5.87. The van der Waals surface area contributed by atoms with Crippen molar-refractivity contribution in [2.45, 2.75) is 13.8 Å². The van der Waals surface area contributed by atoms with Crippen molar-refractivity contribution in [1.82, 2.24) is 0 Å². The Morgan fingerprint density at radius 2 is 1.91 bits per heavy atom. The zero-order valence-electron chi connectivity index (χ0n) is 12.7. The van der Waals surface area contributed by atoms with Crippen molar-refractivity contribution < 1.29 is 19.4 Å². The van der Waals surface area contributed by atoms with Crippen molar-refractivity contribution in [3.05, 3.63) is 58.1 Å². The number of hydrogen-bond acceptors (Lipinski definition) is 4. The number of carbonyl (C=O) groups excluding carboxylic acids is 2. The number of anilines is 1. The number of ether oxygens (including phenoxy) is 1. The van der Waals surface area contributed by atoms with E-state index in [-0.39, 0.29) is 11.3 Å². The van der Waals surface area contributed by atoms with E-state index in [0.29, 0.717) is 10.7 Å². The fourth-order valence-electron chi connectivity index (χ4n) is 1.94. The molecule has 2 N–H and O–H groups in total. The first kappa shape index (κ1) is 16.8. The van der Waals surface area contributed by atoms with E-state index in [2.05, 4.69) is 5.32 Å². The summed E-state index contributed by atoms with van der Waals surface area (Å²) in [4.78, 5) is 23.7. The van der Waals surface area contributed by atoms with Crippen molar-refractivity contribution in [1.29, 1.82) is 0 Å². The van der Waals surface area contributed by atoms with Crippen molar-refractivity contribution in [2.24, 2.45) is 0 Å². The average molecular weight is 334 g/mol. The molecule has 1 amide bonds. The van der Waals surface area contributed by atoms with Gasteiger partial charge in [0.1, 0.15) is 11.3 Å². The molecule has 2 aromatic rings. The molecule has 6 heteroatoms. The standard InChI is InChI=1S/C17H16ClNO4/c1-10-3-6-13(15(20)7-10)17(22)23-9-16(21)19-14-8-12(18)5-4-11(14)2/h3-8,20H,9H2,1-2H3,(H,19,21). The Morgan fingerprint density at radius 3 is 2.61 bits per heavy atom. The van der Waals surface area contributed by atoms with Crippen LogP contribution in [0.15, 0.2) is 36.4 Å². The van der Waals surface area contributed by atoms with Crippen LogP contribution in [0.25, 0.3) is 0 Å². The average Bonchev–Trinajstić information content (AvgIpc) is 2.48. The molecule has 5 nitrogen and oxygen atoms in total. The quantitative estimate of drug-likeness (QED) is 0.840. The molecule has 0 aliphatic carbocycles. The maximum atomic E-state index is 11.9. The lowest BCUT2D eigenvalue weighted by Crippen LogP contribution is -2.21. The maximum absolute atomic E-state index is 11.9. The largest absolute Gasteiger partial charge is 0.507 e. The number of halogens is 1. The van der Waals surface area contributed by atoms with Gasteiger partial charge in [-0.05, 0) is 49.2 Å². The highest BCUT2D eigenvalue weighted by atomic mass is 35.5. The lowest BCUT2D eigenvalue weighted by Gasteiger charge is -2.10. The summed E-state index contributed by atoms with van der Waals surface area (Å²) < 4.78 is 4.91. The molecular weight excluding hydrogens is 318 g/mol. The first-order valence-corrected chi connectivity index (χ1v) is 7.27. The highest BCUT2D eigenvalue weighted by molar-refractivity contribution is 6.31. The second kappa shape index (κ2) is 7.15. The number of aromatic hydroxyl groups is 1. The van der Waals surface area contributed by atoms with E-state index in [9.17, 15) is 14.7 Å². The molecule has 0 bridgehead atoms. The highest BCUT2D eigenvalue weighted by Crippen LogP contribution is 2.21. The molecule has 0 aromatic heterocycles. The molecule has 0 heterocycles. The monoisotopic (exact) mass is 333 g/mol. The van der Waals surface area contributed by atoms with Crippen LogP contribution in [0.5, 0.6) is 5.75 Å². The fourth-order valence-corrected chi connectivity index (χ4v) is 2.11. The molecule has 0 spiro atoms. The van der Waals surface area contributed by atoms with E-state index in [0.717, 1.165) is 11.1 Å². The maximum Gasteiger partial charge on any atom is 0.342 e. The number of esters is 1. The summed E-state index contributed by atoms with van der Waals surface area (Å²) in [6.45, 7) is 3.15. The van der Waals surface area contributed by atoms with E-state index in [1.54, 1.807) is 31.2 Å². The van der Waals surface area contributed by atoms with E-state index in [1.165, 1.54) is 12.1 Å². The molecule has 2 aromatic carbocycles. The molecule has 0 saturated carbocycles. The summed E-state index contributed by atoms with van der Waals surface area (Å²) in [5.41, 5.74) is 2.22. The molecule has 0 aliphatic heterocycles. The third-order valence-corrected chi connectivity index (χ3v) is 3.42. The number of carbonyl (C=O) groups is 2. The summed E-state index contributed by atoms with van der Waals surface area (Å²) in [6.07, 6.45) is 0. The normalized spacial score (nSPS) is 10.2. The van der Waals surface area contributed by atoms with Gasteiger partial charge in [0.2, 0.25) is 0 Å². The topological polar surface area (TPSA) is 75.6 Å². The zero-order chi connectivity index (χ0) is 17.0. The van der Waals surface area contributed by atoms with E-state index in [1.807, 2.05) is 6.92 Å². The number of phenolic OH excluding ortho intramolecular Hbond substituents is 1. The third kappa shape index (κ3) is 4.47. The summed E-state index contributed by atoms with van der Waals surface area (Å²) in [7, 11) is 0. The number of aryl methyl sites for hydroxylation is 2. The van der Waals surface area contributed by atoms with Crippen molar-refractivity contribution in [2.75, 3.05) is 11.9 Å². The number of hydrogen-bond donors (Lipinski definition) is 2. The number of nitrogens with one attached hydrogen (secondary N) is 1. The second-order valence-electron chi connectivity index (χ2n) is 5.10. The van der Waals surface area contributed by atoms with Crippen LogP contribution in [0.4, 0.5) is 5.69 Å². The van der Waals surface area contributed by atoms with E-state index >= 15 is 0 Å². The minimum atomic E-state index is -0.763. The van der Waals surface area contributed by atoms with Gasteiger partial charge in [0.15, 0.2) is 6.61 Å². The Balaban J connectivity index is 1.96. The molecule has 0 unspecified atom stereocenters. The van der Waals surface area contributed by atoms with Crippen LogP contribution in [-0.2, 0) is 9.53 Å². The first-order valence-electron chi connectivity index (χ1n) is 6.89. The summed E-state index contributed by atoms with van der Waals surface area (Å²) in [6, 6.07) is 9.67. The number of phenols is 1. The van der Waals surface area contributed by atoms with Gasteiger partial charge in [-0.25, -0.2) is 4.79 Å². The van der Waals surface area contributed by atoms with Crippen molar-refractivity contribution in [3.63, 3.8) is 0 Å². The van der Waals surface area contributed by atoms with Gasteiger partial charge in [0.25, 0.3) is 5.91 Å². The van der Waals surface area contributed by atoms with Crippen molar-refractivity contribution in [3.8, 4) is 5.75 Å². The molecule has 0 fully saturated rings. The van der Waals surface area contributed by atoms with Gasteiger partial charge >= 0.3 is 5.97 Å². The lowest BCUT2D eigenvalue weighted by molar-refractivity contribution is -0.119. The fraction of sp³-hybridized carbons (Fsp3) is 0.176. The van der Waals surface area contributed by atoms with Crippen LogP contribution in [0.1, 0.15) is 21.5 Å². The summed E-state index contributed by atoms with van der Waals surface area (Å²) in [5.74, 6) is -1.43. The summed E-state index contributed by atoms with van der Waals surface area (Å²) in [5, 5.41) is 12.8. The van der Waals surface area contributed by atoms with Crippen LogP contribution in [-0.4, -0.2) is 23.6 Å². The molecular formula is C17H16ClNO4. The van der Waals surface area contributed by atoms with Gasteiger partial charge in [0, 0.05) is 10.7 Å². The van der Waals surface area contributed by atoms with Gasteiger partial charge in [-0.3, -0.25) is 4.79 Å². The molecule has 0 aliphatic rings. The van der Waals surface area contributed by atoms with Crippen LogP contribution >= 0.6 is 11.6 Å². The predicted molar refractivity (Wildman–Crippen MR) is 87.9 cm³/mol. The zero-order valence-corrected chi connectivity index (χ0v) is 13.5. The Kier molecular flexibility index (Phi) is 5.24. The highest BCUT2D eigenvalue weighted by Gasteiger charge is 2.15. The minimum absolute atomic E-state index is 0.0161. The van der Waals surface area contributed by atoms with Gasteiger partial charge in [-0.2, -0.15) is 0 Å². The smallest absolute Gasteiger partial charge is 0.342 e. The van der Waals surface area contributed by atoms with Crippen LogP contribution in [0, 0.1) is 13.8 Å². The van der Waals surface area contributed by atoms with Crippen LogP contribution in [0.2, 0.25) is 5.02 Å². The van der Waals surface area contributed by atoms with Crippen molar-refractivity contribution >= 4 is 29.2 Å². The van der Waals surface area contributed by atoms with Crippen LogP contribution in [0.3, 0.4) is 0 Å². The van der Waals surface area contributed by atoms with Gasteiger partial charge < -0.3 is 15.2 Å². The number of rotatable bonds is 4. The second-order valence-corrected chi connectivity index (χ2v) is 5.54. The molecule has 2 rings (SSSR count). The predicted octanol–water partition coefficient (Wildman–Crippen LogP) is 3.46. The molecule has 23 heavy (non-hydrogen) atoms. The van der Waals surface area contributed by atoms with Gasteiger partial charge in [-0.1, -0.05) is 23.7 Å². The van der Waals surface area contributed by atoms with Gasteiger partial charge in [-0.15, -0.1) is 0 Å². The third-order valence-electron chi connectivity index (χ3n) is 3.18. The SMILES string of the molecule is Cc1ccc(C(=O)OCC(=O)Nc2cc(Cl)ccc2C)c(O)c1. The number of amides is 1. The first-order chi connectivity index (χ1) is 10.9. The Morgan fingerprint density at radius 1 is 1.17 bits per heavy atom. The molecule has 0 atom stereocenters. The molecule has 0 radical (unpaired) electrons. The van der Waals surface area contributed by atoms with E-state index < -0.39 is 18.5 Å². The number of benzene rings is 2.